The molecular formula is C18H14ClF3N2O3. The lowest BCUT2D eigenvalue weighted by atomic mass is 10.0. The highest BCUT2D eigenvalue weighted by Crippen LogP contribution is 2.31. The Hall–Kier alpha value is -2.58. The van der Waals surface area contributed by atoms with Crippen molar-refractivity contribution < 1.29 is 27.9 Å². The van der Waals surface area contributed by atoms with Crippen molar-refractivity contribution in [3.8, 4) is 0 Å². The van der Waals surface area contributed by atoms with Crippen molar-refractivity contribution >= 4 is 29.1 Å². The summed E-state index contributed by atoms with van der Waals surface area (Å²) in [6.45, 7) is -0.442. The van der Waals surface area contributed by atoms with Crippen LogP contribution in [0.3, 0.4) is 0 Å². The number of nitrogens with one attached hydrogen (secondary N) is 1. The third-order valence-electron chi connectivity index (χ3n) is 4.34. The van der Waals surface area contributed by atoms with Crippen LogP contribution in [0.15, 0.2) is 36.4 Å². The van der Waals surface area contributed by atoms with Gasteiger partial charge in [0.05, 0.1) is 10.7 Å². The van der Waals surface area contributed by atoms with Crippen molar-refractivity contribution in [1.29, 1.82) is 0 Å². The molecule has 0 saturated carbocycles. The Morgan fingerprint density at radius 2 is 2.00 bits per heavy atom. The van der Waals surface area contributed by atoms with E-state index in [2.05, 4.69) is 5.32 Å². The van der Waals surface area contributed by atoms with Gasteiger partial charge in [-0.15, -0.1) is 0 Å². The van der Waals surface area contributed by atoms with Gasteiger partial charge in [0.25, 0.3) is 11.8 Å². The summed E-state index contributed by atoms with van der Waals surface area (Å²) in [6.07, 6.45) is -0.299. The number of benzene rings is 2. The van der Waals surface area contributed by atoms with Gasteiger partial charge in [0.2, 0.25) is 5.60 Å². The van der Waals surface area contributed by atoms with Crippen molar-refractivity contribution in [3.63, 3.8) is 0 Å². The molecule has 1 aliphatic heterocycles. The second-order valence-corrected chi connectivity index (χ2v) is 6.47. The number of aliphatic hydroxyl groups is 1. The molecule has 0 bridgehead atoms. The summed E-state index contributed by atoms with van der Waals surface area (Å²) in [5.41, 5.74) is -2.60. The molecule has 0 unspecified atom stereocenters. The van der Waals surface area contributed by atoms with E-state index in [1.807, 2.05) is 0 Å². The molecule has 1 atom stereocenters. The third-order valence-corrected chi connectivity index (χ3v) is 4.64. The Kier molecular flexibility index (Phi) is 5.12. The number of halogens is 4. The quantitative estimate of drug-likeness (QED) is 0.778. The minimum absolute atomic E-state index is 0.0753. The van der Waals surface area contributed by atoms with E-state index in [-0.39, 0.29) is 35.8 Å². The van der Waals surface area contributed by atoms with E-state index in [0.29, 0.717) is 6.07 Å². The Morgan fingerprint density at radius 3 is 2.70 bits per heavy atom. The first kappa shape index (κ1) is 19.2. The molecular weight excluding hydrogens is 385 g/mol. The lowest BCUT2D eigenvalue weighted by Crippen LogP contribution is -2.52. The predicted molar refractivity (Wildman–Crippen MR) is 91.5 cm³/mol. The molecule has 1 heterocycles. The number of hydrogen-bond donors (Lipinski definition) is 2. The second-order valence-electron chi connectivity index (χ2n) is 6.06. The van der Waals surface area contributed by atoms with E-state index in [1.54, 1.807) is 0 Å². The maximum atomic E-state index is 13.9. The summed E-state index contributed by atoms with van der Waals surface area (Å²) in [6, 6.07) is 6.83. The van der Waals surface area contributed by atoms with Crippen LogP contribution in [0.2, 0.25) is 5.02 Å². The van der Waals surface area contributed by atoms with E-state index in [1.165, 1.54) is 18.2 Å². The van der Waals surface area contributed by atoms with Gasteiger partial charge in [-0.1, -0.05) is 23.7 Å². The van der Waals surface area contributed by atoms with Gasteiger partial charge in [0.15, 0.2) is 0 Å². The van der Waals surface area contributed by atoms with Gasteiger partial charge in [-0.25, -0.2) is 13.2 Å². The molecule has 0 aliphatic carbocycles. The largest absolute Gasteiger partial charge is 0.372 e. The standard InChI is InChI=1S/C18H14ClF3N2O3/c19-12-3-1-2-10(15(12)22)9-23-16(25)18(27)6-7-24(17(18)26)14-5-4-11(20)8-13(14)21/h1-5,8,27H,6-7,9H2,(H,23,25)/t18-/m0/s1. The Bertz CT molecular complexity index is 925. The van der Waals surface area contributed by atoms with Gasteiger partial charge in [-0.3, -0.25) is 9.59 Å². The minimum Gasteiger partial charge on any atom is -0.372 e. The normalized spacial score (nSPS) is 19.4. The summed E-state index contributed by atoms with van der Waals surface area (Å²) in [5, 5.41) is 12.6. The van der Waals surface area contributed by atoms with Gasteiger partial charge >= 0.3 is 0 Å². The molecule has 2 aromatic carbocycles. The maximum absolute atomic E-state index is 13.9. The molecule has 2 amide bonds. The Morgan fingerprint density at radius 1 is 1.26 bits per heavy atom. The van der Waals surface area contributed by atoms with Crippen molar-refractivity contribution in [2.24, 2.45) is 0 Å². The average molecular weight is 399 g/mol. The smallest absolute Gasteiger partial charge is 0.268 e. The molecule has 1 saturated heterocycles. The van der Waals surface area contributed by atoms with E-state index in [0.717, 1.165) is 17.0 Å². The second kappa shape index (κ2) is 7.21. The topological polar surface area (TPSA) is 69.6 Å². The van der Waals surface area contributed by atoms with Crippen molar-refractivity contribution in [2.45, 2.75) is 18.6 Å². The first-order chi connectivity index (χ1) is 12.7. The summed E-state index contributed by atoms with van der Waals surface area (Å²) in [4.78, 5) is 25.7. The van der Waals surface area contributed by atoms with Gasteiger partial charge in [0.1, 0.15) is 17.5 Å². The van der Waals surface area contributed by atoms with Crippen LogP contribution in [-0.2, 0) is 16.1 Å². The molecule has 5 nitrogen and oxygen atoms in total. The average Bonchev–Trinajstić information content (AvgIpc) is 2.93. The third kappa shape index (κ3) is 3.50. The van der Waals surface area contributed by atoms with Crippen LogP contribution in [0.4, 0.5) is 18.9 Å². The molecule has 2 N–H and O–H groups in total. The van der Waals surface area contributed by atoms with Crippen molar-refractivity contribution in [2.75, 3.05) is 11.4 Å². The first-order valence-corrected chi connectivity index (χ1v) is 8.32. The predicted octanol–water partition coefficient (Wildman–Crippen LogP) is 2.54. The number of rotatable bonds is 4. The van der Waals surface area contributed by atoms with Gasteiger partial charge in [-0.05, 0) is 18.2 Å². The molecule has 142 valence electrons. The molecule has 0 aromatic heterocycles. The van der Waals surface area contributed by atoms with Crippen LogP contribution in [0.25, 0.3) is 0 Å². The van der Waals surface area contributed by atoms with Gasteiger partial charge < -0.3 is 15.3 Å². The lowest BCUT2D eigenvalue weighted by Gasteiger charge is -2.22. The molecule has 0 spiro atoms. The zero-order chi connectivity index (χ0) is 19.8. The number of anilines is 1. The SMILES string of the molecule is O=C(NCc1cccc(Cl)c1F)[C@@]1(O)CCN(c2ccc(F)cc2F)C1=O. The maximum Gasteiger partial charge on any atom is 0.268 e. The van der Waals surface area contributed by atoms with Gasteiger partial charge in [-0.2, -0.15) is 0 Å². The highest BCUT2D eigenvalue weighted by atomic mass is 35.5. The van der Waals surface area contributed by atoms with Crippen LogP contribution in [0.5, 0.6) is 0 Å². The van der Waals surface area contributed by atoms with Crippen LogP contribution >= 0.6 is 11.6 Å². The summed E-state index contributed by atoms with van der Waals surface area (Å²) in [7, 11) is 0. The molecule has 1 aliphatic rings. The number of amides is 2. The fourth-order valence-corrected chi connectivity index (χ4v) is 3.05. The van der Waals surface area contributed by atoms with Crippen LogP contribution in [-0.4, -0.2) is 29.1 Å². The minimum atomic E-state index is -2.43. The Balaban J connectivity index is 1.75. The van der Waals surface area contributed by atoms with Gasteiger partial charge in [0, 0.05) is 31.1 Å². The number of hydrogen-bond acceptors (Lipinski definition) is 3. The summed E-state index contributed by atoms with van der Waals surface area (Å²) < 4.78 is 40.8. The van der Waals surface area contributed by atoms with Crippen molar-refractivity contribution in [1.82, 2.24) is 5.32 Å². The highest BCUT2D eigenvalue weighted by Gasteiger charge is 2.52. The first-order valence-electron chi connectivity index (χ1n) is 7.94. The summed E-state index contributed by atoms with van der Waals surface area (Å²) in [5.74, 6) is -4.62. The fourth-order valence-electron chi connectivity index (χ4n) is 2.85. The van der Waals surface area contributed by atoms with Crippen LogP contribution in [0, 0.1) is 17.5 Å². The summed E-state index contributed by atoms with van der Waals surface area (Å²) >= 11 is 5.66. The molecule has 2 aromatic rings. The molecule has 27 heavy (non-hydrogen) atoms. The number of carbonyl (C=O) groups is 2. The monoisotopic (exact) mass is 398 g/mol. The molecule has 9 heteroatoms. The molecule has 3 rings (SSSR count). The number of nitrogens with zero attached hydrogens (tertiary/aromatic N) is 1. The van der Waals surface area contributed by atoms with Crippen LogP contribution < -0.4 is 10.2 Å². The van der Waals surface area contributed by atoms with E-state index in [9.17, 15) is 27.9 Å². The van der Waals surface area contributed by atoms with Crippen molar-refractivity contribution in [3.05, 3.63) is 64.4 Å². The lowest BCUT2D eigenvalue weighted by molar-refractivity contribution is -0.149. The van der Waals surface area contributed by atoms with E-state index >= 15 is 0 Å². The van der Waals surface area contributed by atoms with Crippen LogP contribution in [0.1, 0.15) is 12.0 Å². The fraction of sp³-hybridized carbons (Fsp3) is 0.222. The van der Waals surface area contributed by atoms with E-state index in [4.69, 9.17) is 11.6 Å². The zero-order valence-electron chi connectivity index (χ0n) is 13.8. The molecule has 0 radical (unpaired) electrons. The Labute approximate surface area is 157 Å². The van der Waals surface area contributed by atoms with E-state index < -0.39 is 34.9 Å². The highest BCUT2D eigenvalue weighted by molar-refractivity contribution is 6.30. The molecule has 1 fully saturated rings. The zero-order valence-corrected chi connectivity index (χ0v) is 14.6. The number of carbonyl (C=O) groups excluding carboxylic acids is 2.